The lowest BCUT2D eigenvalue weighted by Gasteiger charge is -2.27. The van der Waals surface area contributed by atoms with Crippen molar-refractivity contribution in [3.05, 3.63) is 57.8 Å². The van der Waals surface area contributed by atoms with Gasteiger partial charge in [-0.2, -0.15) is 0 Å². The Labute approximate surface area is 157 Å². The largest absolute Gasteiger partial charge is 0.351 e. The van der Waals surface area contributed by atoms with E-state index in [1.54, 1.807) is 30.3 Å². The Morgan fingerprint density at radius 1 is 1.08 bits per heavy atom. The number of thiophene rings is 1. The summed E-state index contributed by atoms with van der Waals surface area (Å²) in [5.41, 5.74) is 0.899. The maximum Gasteiger partial charge on any atom is 0.252 e. The van der Waals surface area contributed by atoms with Crippen LogP contribution in [0.3, 0.4) is 0 Å². The number of piperazine rings is 1. The summed E-state index contributed by atoms with van der Waals surface area (Å²) in [7, 11) is 0. The molecule has 2 N–H and O–H groups in total. The highest BCUT2D eigenvalue weighted by Crippen LogP contribution is 2.18. The molecular formula is C18H22ClN3O2S. The van der Waals surface area contributed by atoms with Crippen molar-refractivity contribution in [1.29, 1.82) is 0 Å². The summed E-state index contributed by atoms with van der Waals surface area (Å²) in [6.45, 7) is 5.40. The van der Waals surface area contributed by atoms with Crippen molar-refractivity contribution < 1.29 is 9.59 Å². The van der Waals surface area contributed by atoms with E-state index in [4.69, 9.17) is 0 Å². The van der Waals surface area contributed by atoms with E-state index in [-0.39, 0.29) is 24.1 Å². The molecule has 0 radical (unpaired) electrons. The Morgan fingerprint density at radius 3 is 2.48 bits per heavy atom. The summed E-state index contributed by atoms with van der Waals surface area (Å²) in [6.07, 6.45) is 0. The van der Waals surface area contributed by atoms with Crippen molar-refractivity contribution in [3.8, 4) is 0 Å². The molecule has 0 unspecified atom stereocenters. The van der Waals surface area contributed by atoms with Crippen LogP contribution in [0.1, 0.15) is 25.6 Å². The third-order valence-electron chi connectivity index (χ3n) is 4.08. The number of nitrogens with one attached hydrogen (secondary N) is 2. The highest BCUT2D eigenvalue weighted by molar-refractivity contribution is 7.12. The minimum Gasteiger partial charge on any atom is -0.351 e. The number of rotatable bonds is 6. The van der Waals surface area contributed by atoms with Gasteiger partial charge in [-0.05, 0) is 17.5 Å². The zero-order valence-electron chi connectivity index (χ0n) is 13.9. The van der Waals surface area contributed by atoms with Crippen LogP contribution in [0.15, 0.2) is 41.8 Å². The third kappa shape index (κ3) is 5.12. The number of hydrogen-bond donors (Lipinski definition) is 2. The maximum atomic E-state index is 12.6. The van der Waals surface area contributed by atoms with E-state index in [1.165, 1.54) is 11.3 Å². The lowest BCUT2D eigenvalue weighted by Crippen LogP contribution is -2.46. The van der Waals surface area contributed by atoms with E-state index in [2.05, 4.69) is 15.5 Å². The molecule has 0 bridgehead atoms. The minimum absolute atomic E-state index is 0. The van der Waals surface area contributed by atoms with Crippen molar-refractivity contribution in [2.75, 3.05) is 39.3 Å². The molecule has 0 aliphatic carbocycles. The molecule has 1 aromatic carbocycles. The van der Waals surface area contributed by atoms with Crippen molar-refractivity contribution in [2.45, 2.75) is 0 Å². The predicted octanol–water partition coefficient (Wildman–Crippen LogP) is 2.04. The van der Waals surface area contributed by atoms with E-state index in [0.717, 1.165) is 32.7 Å². The normalized spacial score (nSPS) is 14.6. The van der Waals surface area contributed by atoms with Crippen molar-refractivity contribution in [2.24, 2.45) is 0 Å². The number of ketones is 1. The summed E-state index contributed by atoms with van der Waals surface area (Å²) in [5.74, 6) is -0.288. The van der Waals surface area contributed by atoms with Gasteiger partial charge >= 0.3 is 0 Å². The first-order chi connectivity index (χ1) is 11.8. The molecule has 7 heteroatoms. The van der Waals surface area contributed by atoms with Crippen molar-refractivity contribution in [3.63, 3.8) is 0 Å². The maximum absolute atomic E-state index is 12.6. The molecule has 1 amide bonds. The molecule has 0 saturated carbocycles. The van der Waals surface area contributed by atoms with Gasteiger partial charge in [0.25, 0.3) is 5.91 Å². The second-order valence-corrected chi connectivity index (χ2v) is 6.65. The third-order valence-corrected chi connectivity index (χ3v) is 4.95. The van der Waals surface area contributed by atoms with Gasteiger partial charge in [0.1, 0.15) is 0 Å². The van der Waals surface area contributed by atoms with Gasteiger partial charge in [0, 0.05) is 44.8 Å². The highest BCUT2D eigenvalue weighted by Gasteiger charge is 2.18. The Bertz CT molecular complexity index is 700. The van der Waals surface area contributed by atoms with Gasteiger partial charge in [-0.1, -0.05) is 24.3 Å². The molecule has 1 aliphatic rings. The molecule has 1 aromatic heterocycles. The summed E-state index contributed by atoms with van der Waals surface area (Å²) >= 11 is 1.39. The van der Waals surface area contributed by atoms with E-state index in [1.807, 2.05) is 11.4 Å². The molecule has 1 fully saturated rings. The Kier molecular flexibility index (Phi) is 7.58. The summed E-state index contributed by atoms with van der Waals surface area (Å²) in [6, 6.07) is 10.6. The van der Waals surface area contributed by atoms with Crippen LogP contribution in [0.25, 0.3) is 0 Å². The number of benzene rings is 1. The Morgan fingerprint density at radius 2 is 1.80 bits per heavy atom. The van der Waals surface area contributed by atoms with Crippen LogP contribution >= 0.6 is 23.7 Å². The van der Waals surface area contributed by atoms with E-state index in [9.17, 15) is 9.59 Å². The molecule has 0 spiro atoms. The van der Waals surface area contributed by atoms with Crippen LogP contribution in [0.2, 0.25) is 0 Å². The molecule has 2 heterocycles. The quantitative estimate of drug-likeness (QED) is 0.754. The lowest BCUT2D eigenvalue weighted by atomic mass is 10.0. The number of carbonyl (C=O) groups is 2. The van der Waals surface area contributed by atoms with Crippen LogP contribution in [0.5, 0.6) is 0 Å². The molecular weight excluding hydrogens is 358 g/mol. The van der Waals surface area contributed by atoms with E-state index >= 15 is 0 Å². The average molecular weight is 380 g/mol. The van der Waals surface area contributed by atoms with Gasteiger partial charge in [0.15, 0.2) is 0 Å². The van der Waals surface area contributed by atoms with Crippen LogP contribution in [0, 0.1) is 0 Å². The topological polar surface area (TPSA) is 61.4 Å². The number of carbonyl (C=O) groups excluding carboxylic acids is 2. The molecule has 25 heavy (non-hydrogen) atoms. The zero-order chi connectivity index (χ0) is 16.8. The molecule has 3 rings (SSSR count). The van der Waals surface area contributed by atoms with Gasteiger partial charge in [-0.25, -0.2) is 0 Å². The van der Waals surface area contributed by atoms with Gasteiger partial charge < -0.3 is 10.6 Å². The monoisotopic (exact) mass is 379 g/mol. The standard InChI is InChI=1S/C18H21N3O2S.ClH/c22-17(16-6-3-13-24-16)14-4-1-2-5-15(14)18(23)20-9-12-21-10-7-19-8-11-21;/h1-6,13,19H,7-12H2,(H,20,23);1H. The molecule has 134 valence electrons. The fraction of sp³-hybridized carbons (Fsp3) is 0.333. The van der Waals surface area contributed by atoms with E-state index in [0.29, 0.717) is 22.5 Å². The summed E-state index contributed by atoms with van der Waals surface area (Å²) < 4.78 is 0. The molecule has 2 aromatic rings. The number of nitrogens with zero attached hydrogens (tertiary/aromatic N) is 1. The average Bonchev–Trinajstić information content (AvgIpc) is 3.16. The second kappa shape index (κ2) is 9.68. The summed E-state index contributed by atoms with van der Waals surface area (Å²) in [5, 5.41) is 8.11. The van der Waals surface area contributed by atoms with Crippen molar-refractivity contribution >= 4 is 35.4 Å². The smallest absolute Gasteiger partial charge is 0.252 e. The highest BCUT2D eigenvalue weighted by atomic mass is 35.5. The predicted molar refractivity (Wildman–Crippen MR) is 103 cm³/mol. The first-order valence-corrected chi connectivity index (χ1v) is 9.02. The minimum atomic E-state index is -0.189. The summed E-state index contributed by atoms with van der Waals surface area (Å²) in [4.78, 5) is 28.0. The first kappa shape index (κ1) is 19.6. The van der Waals surface area contributed by atoms with E-state index < -0.39 is 0 Å². The molecule has 1 aliphatic heterocycles. The fourth-order valence-corrected chi connectivity index (χ4v) is 3.46. The number of hydrogen-bond acceptors (Lipinski definition) is 5. The van der Waals surface area contributed by atoms with Gasteiger partial charge in [-0.15, -0.1) is 23.7 Å². The number of halogens is 1. The van der Waals surface area contributed by atoms with Crippen LogP contribution in [-0.2, 0) is 0 Å². The number of amides is 1. The Balaban J connectivity index is 0.00000225. The molecule has 0 atom stereocenters. The van der Waals surface area contributed by atoms with Gasteiger partial charge in [-0.3, -0.25) is 14.5 Å². The fourth-order valence-electron chi connectivity index (χ4n) is 2.78. The van der Waals surface area contributed by atoms with Crippen LogP contribution in [0.4, 0.5) is 0 Å². The lowest BCUT2D eigenvalue weighted by molar-refractivity contribution is 0.0937. The first-order valence-electron chi connectivity index (χ1n) is 8.14. The molecule has 5 nitrogen and oxygen atoms in total. The Hall–Kier alpha value is -1.73. The van der Waals surface area contributed by atoms with Crippen molar-refractivity contribution in [1.82, 2.24) is 15.5 Å². The van der Waals surface area contributed by atoms with Crippen LogP contribution in [-0.4, -0.2) is 55.9 Å². The molecule has 1 saturated heterocycles. The van der Waals surface area contributed by atoms with Gasteiger partial charge in [0.05, 0.1) is 10.4 Å². The zero-order valence-corrected chi connectivity index (χ0v) is 15.5. The van der Waals surface area contributed by atoms with Crippen LogP contribution < -0.4 is 10.6 Å². The van der Waals surface area contributed by atoms with Gasteiger partial charge in [0.2, 0.25) is 5.78 Å². The second-order valence-electron chi connectivity index (χ2n) is 5.70. The SMILES string of the molecule is Cl.O=C(NCCN1CCNCC1)c1ccccc1C(=O)c1cccs1.